The van der Waals surface area contributed by atoms with Gasteiger partial charge in [-0.15, -0.1) is 0 Å². The van der Waals surface area contributed by atoms with Crippen LogP contribution >= 0.6 is 0 Å². The van der Waals surface area contributed by atoms with Crippen molar-refractivity contribution in [3.8, 4) is 5.75 Å². The Kier molecular flexibility index (Phi) is 3.97. The van der Waals surface area contributed by atoms with E-state index in [0.29, 0.717) is 5.75 Å². The summed E-state index contributed by atoms with van der Waals surface area (Å²) in [6.07, 6.45) is -3.23. The summed E-state index contributed by atoms with van der Waals surface area (Å²) in [5, 5.41) is 0. The first-order chi connectivity index (χ1) is 11.0. The Bertz CT molecular complexity index is 731. The van der Waals surface area contributed by atoms with Crippen molar-refractivity contribution in [2.75, 3.05) is 18.1 Å². The number of hydrogen-bond donors (Lipinski definition) is 0. The Labute approximate surface area is 129 Å². The molecular weight excluding hydrogens is 311 g/mol. The highest BCUT2D eigenvalue weighted by atomic mass is 19.4. The fourth-order valence-corrected chi connectivity index (χ4v) is 2.55. The van der Waals surface area contributed by atoms with Crippen LogP contribution in [0.1, 0.15) is 0 Å². The highest BCUT2D eigenvalue weighted by molar-refractivity contribution is 5.38. The van der Waals surface area contributed by atoms with Crippen molar-refractivity contribution in [3.05, 3.63) is 52.9 Å². The molecule has 5 nitrogen and oxygen atoms in total. The zero-order chi connectivity index (χ0) is 16.4. The number of anilines is 1. The lowest BCUT2D eigenvalue weighted by Crippen LogP contribution is -2.45. The number of ether oxygens (including phenoxy) is 1. The molecule has 1 aliphatic rings. The summed E-state index contributed by atoms with van der Waals surface area (Å²) in [5.41, 5.74) is -0.490. The molecule has 1 atom stereocenters. The predicted molar refractivity (Wildman–Crippen MR) is 77.6 cm³/mol. The van der Waals surface area contributed by atoms with Crippen molar-refractivity contribution in [1.82, 2.24) is 9.55 Å². The normalized spacial score (nSPS) is 17.2. The molecule has 0 N–H and O–H groups in total. The molecule has 1 aromatic carbocycles. The first-order valence-corrected chi connectivity index (χ1v) is 7.04. The second kappa shape index (κ2) is 5.94. The average molecular weight is 325 g/mol. The SMILES string of the molecule is O=c1ccnc2n1CC(C(F)(F)F)N2CCOc1ccccc1. The van der Waals surface area contributed by atoms with Crippen LogP contribution in [0.5, 0.6) is 5.75 Å². The van der Waals surface area contributed by atoms with Crippen LogP contribution in [0.15, 0.2) is 47.4 Å². The zero-order valence-electron chi connectivity index (χ0n) is 12.0. The minimum absolute atomic E-state index is 0.0183. The van der Waals surface area contributed by atoms with E-state index < -0.39 is 24.3 Å². The van der Waals surface area contributed by atoms with Crippen LogP contribution in [-0.4, -0.2) is 34.9 Å². The topological polar surface area (TPSA) is 47.4 Å². The van der Waals surface area contributed by atoms with Crippen LogP contribution in [0.4, 0.5) is 19.1 Å². The molecule has 0 bridgehead atoms. The molecule has 0 amide bonds. The van der Waals surface area contributed by atoms with Crippen molar-refractivity contribution >= 4 is 5.95 Å². The Morgan fingerprint density at radius 2 is 1.96 bits per heavy atom. The van der Waals surface area contributed by atoms with Gasteiger partial charge < -0.3 is 9.64 Å². The molecule has 2 heterocycles. The quantitative estimate of drug-likeness (QED) is 0.863. The third-order valence-corrected chi connectivity index (χ3v) is 3.63. The summed E-state index contributed by atoms with van der Waals surface area (Å²) in [5.74, 6) is 0.602. The number of rotatable bonds is 4. The minimum Gasteiger partial charge on any atom is -0.492 e. The van der Waals surface area contributed by atoms with Crippen LogP contribution in [0.25, 0.3) is 0 Å². The molecule has 0 aliphatic carbocycles. The minimum atomic E-state index is -4.45. The number of fused-ring (bicyclic) bond motifs is 1. The maximum Gasteiger partial charge on any atom is 0.410 e. The van der Waals surface area contributed by atoms with Gasteiger partial charge in [-0.25, -0.2) is 4.98 Å². The van der Waals surface area contributed by atoms with Gasteiger partial charge in [-0.2, -0.15) is 13.2 Å². The van der Waals surface area contributed by atoms with Gasteiger partial charge in [0, 0.05) is 12.3 Å². The first-order valence-electron chi connectivity index (χ1n) is 7.04. The van der Waals surface area contributed by atoms with Crippen LogP contribution in [0, 0.1) is 0 Å². The van der Waals surface area contributed by atoms with E-state index in [0.717, 1.165) is 15.5 Å². The zero-order valence-corrected chi connectivity index (χ0v) is 12.0. The molecular formula is C15H14F3N3O2. The number of hydrogen-bond acceptors (Lipinski definition) is 4. The summed E-state index contributed by atoms with van der Waals surface area (Å²) in [4.78, 5) is 16.7. The van der Waals surface area contributed by atoms with Crippen molar-refractivity contribution < 1.29 is 17.9 Å². The third-order valence-electron chi connectivity index (χ3n) is 3.63. The van der Waals surface area contributed by atoms with Gasteiger partial charge in [-0.3, -0.25) is 9.36 Å². The lowest BCUT2D eigenvalue weighted by atomic mass is 10.2. The van der Waals surface area contributed by atoms with Crippen molar-refractivity contribution in [3.63, 3.8) is 0 Å². The molecule has 0 radical (unpaired) electrons. The highest BCUT2D eigenvalue weighted by Gasteiger charge is 2.48. The molecule has 0 saturated carbocycles. The molecule has 3 rings (SSSR count). The van der Waals surface area contributed by atoms with E-state index in [1.54, 1.807) is 24.3 Å². The Hall–Kier alpha value is -2.51. The second-order valence-electron chi connectivity index (χ2n) is 5.11. The number of nitrogens with zero attached hydrogens (tertiary/aromatic N) is 3. The monoisotopic (exact) mass is 325 g/mol. The number of aromatic nitrogens is 2. The summed E-state index contributed by atoms with van der Waals surface area (Å²) < 4.78 is 46.2. The van der Waals surface area contributed by atoms with Crippen molar-refractivity contribution in [2.45, 2.75) is 18.8 Å². The smallest absolute Gasteiger partial charge is 0.410 e. The van der Waals surface area contributed by atoms with Crippen LogP contribution in [-0.2, 0) is 6.54 Å². The third kappa shape index (κ3) is 3.15. The van der Waals surface area contributed by atoms with Crippen LogP contribution in [0.2, 0.25) is 0 Å². The summed E-state index contributed by atoms with van der Waals surface area (Å²) >= 11 is 0. The van der Waals surface area contributed by atoms with Crippen LogP contribution < -0.4 is 15.2 Å². The Morgan fingerprint density at radius 3 is 2.65 bits per heavy atom. The van der Waals surface area contributed by atoms with E-state index in [1.165, 1.54) is 6.20 Å². The fourth-order valence-electron chi connectivity index (χ4n) is 2.55. The summed E-state index contributed by atoms with van der Waals surface area (Å²) in [6, 6.07) is 8.20. The molecule has 1 unspecified atom stereocenters. The lowest BCUT2D eigenvalue weighted by molar-refractivity contribution is -0.148. The van der Waals surface area contributed by atoms with Crippen LogP contribution in [0.3, 0.4) is 0 Å². The van der Waals surface area contributed by atoms with Gasteiger partial charge in [0.2, 0.25) is 5.95 Å². The number of alkyl halides is 3. The maximum atomic E-state index is 13.2. The molecule has 0 spiro atoms. The van der Waals surface area contributed by atoms with E-state index >= 15 is 0 Å². The molecule has 122 valence electrons. The van der Waals surface area contributed by atoms with Gasteiger partial charge in [0.1, 0.15) is 18.4 Å². The molecule has 23 heavy (non-hydrogen) atoms. The second-order valence-corrected chi connectivity index (χ2v) is 5.11. The van der Waals surface area contributed by atoms with Gasteiger partial charge >= 0.3 is 6.18 Å². The molecule has 1 aromatic heterocycles. The van der Waals surface area contributed by atoms with Gasteiger partial charge in [-0.05, 0) is 12.1 Å². The maximum absolute atomic E-state index is 13.2. The van der Waals surface area contributed by atoms with Crippen molar-refractivity contribution in [2.24, 2.45) is 0 Å². The van der Waals surface area contributed by atoms with Crippen molar-refractivity contribution in [1.29, 1.82) is 0 Å². The van der Waals surface area contributed by atoms with E-state index in [2.05, 4.69) is 4.98 Å². The molecule has 0 fully saturated rings. The number of para-hydroxylation sites is 1. The molecule has 1 aliphatic heterocycles. The fraction of sp³-hybridized carbons (Fsp3) is 0.333. The standard InChI is InChI=1S/C15H14F3N3O2/c16-15(17,18)12-10-21-13(22)6-7-19-14(21)20(12)8-9-23-11-4-2-1-3-5-11/h1-7,12H,8-10H2. The summed E-state index contributed by atoms with van der Waals surface area (Å²) in [6.45, 7) is -0.409. The molecule has 2 aromatic rings. The van der Waals surface area contributed by atoms with Gasteiger partial charge in [-0.1, -0.05) is 18.2 Å². The Morgan fingerprint density at radius 1 is 1.22 bits per heavy atom. The predicted octanol–water partition coefficient (Wildman–Crippen LogP) is 2.07. The number of benzene rings is 1. The number of halogens is 3. The van der Waals surface area contributed by atoms with E-state index in [4.69, 9.17) is 4.74 Å². The van der Waals surface area contributed by atoms with E-state index in [1.807, 2.05) is 6.07 Å². The Balaban J connectivity index is 1.77. The van der Waals surface area contributed by atoms with Gasteiger partial charge in [0.05, 0.1) is 13.1 Å². The lowest BCUT2D eigenvalue weighted by Gasteiger charge is -2.26. The first kappa shape index (κ1) is 15.4. The molecule has 0 saturated heterocycles. The van der Waals surface area contributed by atoms with Gasteiger partial charge in [0.25, 0.3) is 5.56 Å². The molecule has 8 heteroatoms. The van der Waals surface area contributed by atoms with Gasteiger partial charge in [0.15, 0.2) is 0 Å². The summed E-state index contributed by atoms with van der Waals surface area (Å²) in [7, 11) is 0. The average Bonchev–Trinajstić information content (AvgIpc) is 2.89. The van der Waals surface area contributed by atoms with E-state index in [-0.39, 0.29) is 19.1 Å². The largest absolute Gasteiger partial charge is 0.492 e. The van der Waals surface area contributed by atoms with E-state index in [9.17, 15) is 18.0 Å². The highest BCUT2D eigenvalue weighted by Crippen LogP contribution is 2.33.